The standard InChI is InChI=1S/C22H34BrFN2O4S/c1-16-14-26(22(31)25-21(16)28)19-13-17(24)18(30-19)15-29-20(27)11-9-7-5-3-2-4-6-8-10-12-23/h14,17-19H,2-13,15H2,1H3,(H,25,28,31)/t17-,18+,19+/m0/s1. The summed E-state index contributed by atoms with van der Waals surface area (Å²) < 4.78 is 27.0. The van der Waals surface area contributed by atoms with E-state index in [1.807, 2.05) is 0 Å². The molecule has 2 heterocycles. The number of hydrogen-bond acceptors (Lipinski definition) is 5. The van der Waals surface area contributed by atoms with E-state index in [9.17, 15) is 14.0 Å². The van der Waals surface area contributed by atoms with Crippen molar-refractivity contribution in [3.05, 3.63) is 26.9 Å². The summed E-state index contributed by atoms with van der Waals surface area (Å²) in [5.41, 5.74) is 0.198. The molecular weight excluding hydrogens is 487 g/mol. The zero-order valence-corrected chi connectivity index (χ0v) is 20.6. The summed E-state index contributed by atoms with van der Waals surface area (Å²) in [6.45, 7) is 1.54. The number of halogens is 2. The van der Waals surface area contributed by atoms with Crippen LogP contribution < -0.4 is 5.56 Å². The van der Waals surface area contributed by atoms with Gasteiger partial charge in [-0.25, -0.2) is 4.39 Å². The number of rotatable bonds is 14. The average molecular weight is 521 g/mol. The molecule has 6 nitrogen and oxygen atoms in total. The highest BCUT2D eigenvalue weighted by Crippen LogP contribution is 2.31. The highest BCUT2D eigenvalue weighted by Gasteiger charge is 2.37. The molecule has 0 amide bonds. The largest absolute Gasteiger partial charge is 0.463 e. The molecule has 0 bridgehead atoms. The number of H-pyrrole nitrogens is 1. The van der Waals surface area contributed by atoms with Gasteiger partial charge >= 0.3 is 5.97 Å². The molecule has 1 aliphatic rings. The fourth-order valence-corrected chi connectivity index (χ4v) is 4.32. The fraction of sp³-hybridized carbons (Fsp3) is 0.773. The molecule has 1 saturated heterocycles. The van der Waals surface area contributed by atoms with Crippen molar-refractivity contribution in [1.29, 1.82) is 0 Å². The lowest BCUT2D eigenvalue weighted by molar-refractivity contribution is -0.149. The number of nitrogens with one attached hydrogen (secondary N) is 1. The third-order valence-corrected chi connectivity index (χ3v) is 6.41. The summed E-state index contributed by atoms with van der Waals surface area (Å²) in [6.07, 6.45) is 9.81. The molecule has 0 aliphatic carbocycles. The molecule has 1 aliphatic heterocycles. The maximum atomic E-state index is 14.4. The predicted octanol–water partition coefficient (Wildman–Crippen LogP) is 5.68. The van der Waals surface area contributed by atoms with E-state index in [-0.39, 0.29) is 29.3 Å². The smallest absolute Gasteiger partial charge is 0.305 e. The van der Waals surface area contributed by atoms with Crippen LogP contribution in [0.1, 0.15) is 82.4 Å². The average Bonchev–Trinajstić information content (AvgIpc) is 3.10. The van der Waals surface area contributed by atoms with E-state index in [1.54, 1.807) is 17.7 Å². The Labute approximate surface area is 197 Å². The minimum Gasteiger partial charge on any atom is -0.463 e. The highest BCUT2D eigenvalue weighted by atomic mass is 79.9. The van der Waals surface area contributed by atoms with Crippen molar-refractivity contribution in [3.8, 4) is 0 Å². The molecule has 1 N–H and O–H groups in total. The number of alkyl halides is 2. The van der Waals surface area contributed by atoms with E-state index in [0.29, 0.717) is 12.0 Å². The molecule has 0 unspecified atom stereocenters. The van der Waals surface area contributed by atoms with Crippen molar-refractivity contribution < 1.29 is 18.7 Å². The SMILES string of the molecule is Cc1cn([C@H]2C[C@H](F)[C@@H](COC(=O)CCCCCCCCCCCBr)O2)c(=S)[nH]c1=O. The Morgan fingerprint density at radius 3 is 2.48 bits per heavy atom. The van der Waals surface area contributed by atoms with E-state index >= 15 is 0 Å². The van der Waals surface area contributed by atoms with Gasteiger partial charge in [-0.05, 0) is 32.0 Å². The molecular formula is C22H34BrFN2O4S. The summed E-state index contributed by atoms with van der Waals surface area (Å²) in [7, 11) is 0. The maximum Gasteiger partial charge on any atom is 0.305 e. The summed E-state index contributed by atoms with van der Waals surface area (Å²) in [4.78, 5) is 26.1. The van der Waals surface area contributed by atoms with Crippen molar-refractivity contribution in [2.24, 2.45) is 0 Å². The molecule has 176 valence electrons. The lowest BCUT2D eigenvalue weighted by Gasteiger charge is -2.17. The van der Waals surface area contributed by atoms with Gasteiger partial charge in [-0.3, -0.25) is 19.1 Å². The van der Waals surface area contributed by atoms with Crippen molar-refractivity contribution in [2.75, 3.05) is 11.9 Å². The normalized spacial score (nSPS) is 20.8. The third-order valence-electron chi connectivity index (χ3n) is 5.54. The minimum absolute atomic E-state index is 0.0954. The number of carbonyl (C=O) groups excluding carboxylic acids is 1. The van der Waals surface area contributed by atoms with Gasteiger partial charge in [0.1, 0.15) is 25.1 Å². The first kappa shape index (κ1) is 26.2. The van der Waals surface area contributed by atoms with E-state index in [4.69, 9.17) is 21.7 Å². The Kier molecular flexibility index (Phi) is 12.0. The number of aromatic amines is 1. The van der Waals surface area contributed by atoms with E-state index < -0.39 is 18.5 Å². The Morgan fingerprint density at radius 2 is 1.84 bits per heavy atom. The van der Waals surface area contributed by atoms with Gasteiger partial charge in [0, 0.05) is 29.9 Å². The van der Waals surface area contributed by atoms with Crippen LogP contribution in [0.5, 0.6) is 0 Å². The van der Waals surface area contributed by atoms with Gasteiger partial charge in [-0.15, -0.1) is 0 Å². The second kappa shape index (κ2) is 14.2. The lowest BCUT2D eigenvalue weighted by atomic mass is 10.1. The zero-order valence-electron chi connectivity index (χ0n) is 18.2. The zero-order chi connectivity index (χ0) is 22.6. The summed E-state index contributed by atoms with van der Waals surface area (Å²) >= 11 is 8.59. The third kappa shape index (κ3) is 9.14. The predicted molar refractivity (Wildman–Crippen MR) is 125 cm³/mol. The topological polar surface area (TPSA) is 73.3 Å². The first-order chi connectivity index (χ1) is 14.9. The molecule has 3 atom stereocenters. The number of aromatic nitrogens is 2. The molecule has 1 aromatic rings. The van der Waals surface area contributed by atoms with Crippen LogP contribution in [0.15, 0.2) is 11.0 Å². The van der Waals surface area contributed by atoms with Crippen LogP contribution in [0.3, 0.4) is 0 Å². The molecule has 2 rings (SSSR count). The van der Waals surface area contributed by atoms with Gasteiger partial charge in [0.05, 0.1) is 0 Å². The quantitative estimate of drug-likeness (QED) is 0.148. The van der Waals surface area contributed by atoms with E-state index in [2.05, 4.69) is 20.9 Å². The number of carbonyl (C=O) groups is 1. The lowest BCUT2D eigenvalue weighted by Crippen LogP contribution is -2.25. The Hall–Kier alpha value is -1.06. The number of aryl methyl sites for hydroxylation is 1. The maximum absolute atomic E-state index is 14.4. The Balaban J connectivity index is 1.60. The van der Waals surface area contributed by atoms with Crippen LogP contribution in [-0.2, 0) is 14.3 Å². The van der Waals surface area contributed by atoms with Crippen molar-refractivity contribution in [1.82, 2.24) is 9.55 Å². The monoisotopic (exact) mass is 520 g/mol. The summed E-state index contributed by atoms with van der Waals surface area (Å²) in [6, 6.07) is 0. The van der Waals surface area contributed by atoms with Crippen LogP contribution >= 0.6 is 28.1 Å². The van der Waals surface area contributed by atoms with Crippen LogP contribution in [0.4, 0.5) is 4.39 Å². The first-order valence-electron chi connectivity index (χ1n) is 11.3. The second-order valence-corrected chi connectivity index (χ2v) is 9.34. The Bertz CT molecular complexity index is 800. The number of hydrogen-bond donors (Lipinski definition) is 1. The highest BCUT2D eigenvalue weighted by molar-refractivity contribution is 9.09. The van der Waals surface area contributed by atoms with Gasteiger partial charge in [0.25, 0.3) is 5.56 Å². The summed E-state index contributed by atoms with van der Waals surface area (Å²) in [5.74, 6) is -0.314. The van der Waals surface area contributed by atoms with Crippen LogP contribution in [0.2, 0.25) is 0 Å². The van der Waals surface area contributed by atoms with Crippen LogP contribution in [0, 0.1) is 11.7 Å². The van der Waals surface area contributed by atoms with Gasteiger partial charge in [0.15, 0.2) is 4.77 Å². The number of esters is 1. The van der Waals surface area contributed by atoms with Gasteiger partial charge in [0.2, 0.25) is 0 Å². The van der Waals surface area contributed by atoms with Gasteiger partial charge in [-0.1, -0.05) is 60.9 Å². The van der Waals surface area contributed by atoms with Crippen molar-refractivity contribution >= 4 is 34.1 Å². The van der Waals surface area contributed by atoms with Crippen LogP contribution in [0.25, 0.3) is 0 Å². The summed E-state index contributed by atoms with van der Waals surface area (Å²) in [5, 5.41) is 1.09. The molecule has 1 aromatic heterocycles. The van der Waals surface area contributed by atoms with Crippen molar-refractivity contribution in [3.63, 3.8) is 0 Å². The number of ether oxygens (including phenoxy) is 2. The van der Waals surface area contributed by atoms with Gasteiger partial charge in [-0.2, -0.15) is 0 Å². The molecule has 1 fully saturated rings. The molecule has 0 spiro atoms. The minimum atomic E-state index is -1.26. The Morgan fingerprint density at radius 1 is 1.23 bits per heavy atom. The van der Waals surface area contributed by atoms with Crippen molar-refractivity contribution in [2.45, 2.75) is 96.1 Å². The molecule has 0 radical (unpaired) electrons. The van der Waals surface area contributed by atoms with Gasteiger partial charge < -0.3 is 9.47 Å². The number of nitrogens with zero attached hydrogens (tertiary/aromatic N) is 1. The molecule has 9 heteroatoms. The number of unbranched alkanes of at least 4 members (excludes halogenated alkanes) is 8. The molecule has 0 aromatic carbocycles. The van der Waals surface area contributed by atoms with Crippen LogP contribution in [-0.4, -0.2) is 39.7 Å². The van der Waals surface area contributed by atoms with E-state index in [1.165, 1.54) is 38.5 Å². The second-order valence-electron chi connectivity index (χ2n) is 8.16. The first-order valence-corrected chi connectivity index (χ1v) is 12.8. The molecule has 31 heavy (non-hydrogen) atoms. The fourth-order valence-electron chi connectivity index (χ4n) is 3.66. The van der Waals surface area contributed by atoms with E-state index in [0.717, 1.165) is 24.6 Å². The molecule has 0 saturated carbocycles.